The van der Waals surface area contributed by atoms with Crippen LogP contribution >= 0.6 is 0 Å². The molecule has 0 spiro atoms. The average Bonchev–Trinajstić information content (AvgIpc) is 3.80. The van der Waals surface area contributed by atoms with Crippen LogP contribution in [-0.4, -0.2) is 15.1 Å². The van der Waals surface area contributed by atoms with Crippen LogP contribution in [0.2, 0.25) is 0 Å². The van der Waals surface area contributed by atoms with Gasteiger partial charge in [0.2, 0.25) is 5.96 Å². The van der Waals surface area contributed by atoms with Crippen LogP contribution in [0.5, 0.6) is 0 Å². The average molecular weight is 720 g/mol. The number of hydrogen-bond donors (Lipinski definition) is 2. The van der Waals surface area contributed by atoms with Crippen LogP contribution in [-0.2, 0) is 0 Å². The Morgan fingerprint density at radius 1 is 0.393 bits per heavy atom. The lowest BCUT2D eigenvalue weighted by atomic mass is 9.98. The number of nitrogens with zero attached hydrogens (tertiary/aromatic N) is 3. The van der Waals surface area contributed by atoms with E-state index < -0.39 is 0 Å². The third kappa shape index (κ3) is 5.32. The predicted octanol–water partition coefficient (Wildman–Crippen LogP) is 12.0. The Kier molecular flexibility index (Phi) is 7.64. The smallest absolute Gasteiger partial charge is 0.206 e. The van der Waals surface area contributed by atoms with Crippen molar-refractivity contribution >= 4 is 49.6 Å². The van der Waals surface area contributed by atoms with E-state index in [0.717, 1.165) is 44.9 Å². The van der Waals surface area contributed by atoms with Crippen molar-refractivity contribution in [3.8, 4) is 27.9 Å². The summed E-state index contributed by atoms with van der Waals surface area (Å²) in [4.78, 5) is 5.57. The molecule has 0 saturated heterocycles. The quantitative estimate of drug-likeness (QED) is 0.186. The third-order valence-electron chi connectivity index (χ3n) is 11.2. The first kappa shape index (κ1) is 32.2. The van der Waals surface area contributed by atoms with Crippen LogP contribution in [0.3, 0.4) is 0 Å². The van der Waals surface area contributed by atoms with E-state index in [1.54, 1.807) is 0 Å². The molecular formula is C51H37N5. The lowest BCUT2D eigenvalue weighted by Gasteiger charge is -2.33. The van der Waals surface area contributed by atoms with E-state index in [-0.39, 0.29) is 12.3 Å². The minimum Gasteiger partial charge on any atom is -0.336 e. The van der Waals surface area contributed by atoms with Gasteiger partial charge in [0.25, 0.3) is 0 Å². The number of fused-ring (bicyclic) bond motifs is 7. The van der Waals surface area contributed by atoms with Gasteiger partial charge in [-0.15, -0.1) is 0 Å². The molecule has 3 heterocycles. The van der Waals surface area contributed by atoms with Crippen molar-refractivity contribution in [3.63, 3.8) is 0 Å². The van der Waals surface area contributed by atoms with E-state index in [1.807, 2.05) is 0 Å². The molecule has 1 aliphatic heterocycles. The molecule has 2 atom stereocenters. The zero-order chi connectivity index (χ0) is 37.0. The van der Waals surface area contributed by atoms with Crippen molar-refractivity contribution in [3.05, 3.63) is 211 Å². The number of para-hydroxylation sites is 3. The molecule has 1 aliphatic rings. The Balaban J connectivity index is 1.13. The fourth-order valence-electron chi connectivity index (χ4n) is 8.58. The highest BCUT2D eigenvalue weighted by atomic mass is 15.4. The van der Waals surface area contributed by atoms with Crippen molar-refractivity contribution in [1.29, 1.82) is 0 Å². The van der Waals surface area contributed by atoms with Gasteiger partial charge in [0.1, 0.15) is 12.3 Å². The van der Waals surface area contributed by atoms with Gasteiger partial charge in [-0.1, -0.05) is 170 Å². The molecule has 2 aromatic heterocycles. The molecule has 5 nitrogen and oxygen atoms in total. The highest BCUT2D eigenvalue weighted by molar-refractivity contribution is 6.25. The van der Waals surface area contributed by atoms with Gasteiger partial charge in [-0.2, -0.15) is 0 Å². The van der Waals surface area contributed by atoms with Crippen LogP contribution in [0.1, 0.15) is 23.5 Å². The lowest BCUT2D eigenvalue weighted by Crippen LogP contribution is -2.47. The van der Waals surface area contributed by atoms with E-state index in [0.29, 0.717) is 0 Å². The monoisotopic (exact) mass is 719 g/mol. The summed E-state index contributed by atoms with van der Waals surface area (Å²) in [7, 11) is 0. The highest BCUT2D eigenvalue weighted by Crippen LogP contribution is 2.41. The minimum absolute atomic E-state index is 0.196. The first-order valence-electron chi connectivity index (χ1n) is 19.2. The maximum atomic E-state index is 5.57. The molecule has 0 radical (unpaired) electrons. The molecule has 0 amide bonds. The molecule has 0 fully saturated rings. The maximum absolute atomic E-state index is 5.57. The largest absolute Gasteiger partial charge is 0.336 e. The Morgan fingerprint density at radius 2 is 0.893 bits per heavy atom. The van der Waals surface area contributed by atoms with Gasteiger partial charge in [0, 0.05) is 27.2 Å². The van der Waals surface area contributed by atoms with Crippen molar-refractivity contribution in [2.24, 2.45) is 4.99 Å². The number of benzene rings is 8. The van der Waals surface area contributed by atoms with Crippen molar-refractivity contribution in [2.45, 2.75) is 12.3 Å². The fourth-order valence-corrected chi connectivity index (χ4v) is 8.58. The van der Waals surface area contributed by atoms with Gasteiger partial charge in [0.05, 0.1) is 22.1 Å². The lowest BCUT2D eigenvalue weighted by molar-refractivity contribution is 0.403. The summed E-state index contributed by atoms with van der Waals surface area (Å²) in [5.41, 5.74) is 12.7. The number of hydrogen-bond acceptors (Lipinski definition) is 3. The van der Waals surface area contributed by atoms with Gasteiger partial charge >= 0.3 is 0 Å². The third-order valence-corrected chi connectivity index (χ3v) is 11.2. The zero-order valence-electron chi connectivity index (χ0n) is 30.5. The van der Waals surface area contributed by atoms with E-state index in [1.165, 1.54) is 43.8 Å². The summed E-state index contributed by atoms with van der Waals surface area (Å²) in [6, 6.07) is 71.5. The number of aliphatic imine (C=N–C) groups is 1. The number of aromatic nitrogens is 2. The van der Waals surface area contributed by atoms with Gasteiger partial charge in [-0.3, -0.25) is 9.88 Å². The van der Waals surface area contributed by atoms with Crippen LogP contribution in [0, 0.1) is 0 Å². The first-order valence-corrected chi connectivity index (χ1v) is 19.2. The molecule has 56 heavy (non-hydrogen) atoms. The van der Waals surface area contributed by atoms with Gasteiger partial charge in [0.15, 0.2) is 0 Å². The van der Waals surface area contributed by atoms with Crippen LogP contribution in [0.25, 0.3) is 71.6 Å². The van der Waals surface area contributed by atoms with Crippen molar-refractivity contribution < 1.29 is 0 Å². The van der Waals surface area contributed by atoms with Crippen LogP contribution in [0.4, 0.5) is 0 Å². The normalized spacial score (nSPS) is 15.7. The van der Waals surface area contributed by atoms with Crippen molar-refractivity contribution in [2.75, 3.05) is 0 Å². The van der Waals surface area contributed by atoms with Gasteiger partial charge < -0.3 is 9.88 Å². The highest BCUT2D eigenvalue weighted by Gasteiger charge is 2.29. The number of nitrogens with one attached hydrogen (secondary N) is 2. The summed E-state index contributed by atoms with van der Waals surface area (Å²) in [5.74, 6) is 0.795. The molecule has 5 heteroatoms. The van der Waals surface area contributed by atoms with Gasteiger partial charge in [-0.05, 0) is 63.7 Å². The van der Waals surface area contributed by atoms with Crippen molar-refractivity contribution in [1.82, 2.24) is 19.8 Å². The van der Waals surface area contributed by atoms with Crippen LogP contribution in [0.15, 0.2) is 205 Å². The molecule has 0 saturated carbocycles. The minimum atomic E-state index is -0.324. The molecule has 0 bridgehead atoms. The SMILES string of the molecule is c1ccc(-c2ccc(-c3cccc(C4N=C(n5c6ccccc6c6ccc7c8ccccc8n(-c8ccccc8)c7c65)NC(c5ccccc5)N4)c3)cc2)cc1. The number of rotatable bonds is 5. The molecule has 8 aromatic carbocycles. The molecule has 10 aromatic rings. The second kappa shape index (κ2) is 13.3. The second-order valence-electron chi connectivity index (χ2n) is 14.5. The van der Waals surface area contributed by atoms with E-state index >= 15 is 0 Å². The van der Waals surface area contributed by atoms with Gasteiger partial charge in [-0.25, -0.2) is 4.99 Å². The summed E-state index contributed by atoms with van der Waals surface area (Å²) < 4.78 is 4.78. The maximum Gasteiger partial charge on any atom is 0.206 e. The Morgan fingerprint density at radius 3 is 1.57 bits per heavy atom. The molecule has 2 unspecified atom stereocenters. The van der Waals surface area contributed by atoms with E-state index in [4.69, 9.17) is 4.99 Å². The molecular weight excluding hydrogens is 683 g/mol. The fraction of sp³-hybridized carbons (Fsp3) is 0.0392. The summed E-state index contributed by atoms with van der Waals surface area (Å²) in [6.07, 6.45) is -0.520. The molecule has 266 valence electrons. The Labute approximate surface area is 324 Å². The van der Waals surface area contributed by atoms with Crippen LogP contribution < -0.4 is 10.6 Å². The standard InChI is InChI=1S/C51H37N5/c1-4-15-34(16-5-1)35-27-29-36(30-28-35)38-19-14-20-39(33-38)50-52-49(37-17-6-2-7-18-37)53-51(54-50)56-46-26-13-11-24-42(46)44-32-31-43-41-23-10-12-25-45(41)55(47(43)48(44)56)40-21-8-3-9-22-40/h1-33,49-50,52H,(H,53,54). The van der Waals surface area contributed by atoms with E-state index in [9.17, 15) is 0 Å². The topological polar surface area (TPSA) is 46.3 Å². The Hall–Kier alpha value is -7.21. The van der Waals surface area contributed by atoms with E-state index in [2.05, 4.69) is 220 Å². The first-order chi connectivity index (χ1) is 27.8. The molecule has 0 aliphatic carbocycles. The summed E-state index contributed by atoms with van der Waals surface area (Å²) in [5, 5.41) is 12.5. The zero-order valence-corrected chi connectivity index (χ0v) is 30.5. The summed E-state index contributed by atoms with van der Waals surface area (Å²) in [6.45, 7) is 0. The predicted molar refractivity (Wildman–Crippen MR) is 232 cm³/mol. The Bertz CT molecular complexity index is 3070. The molecule has 11 rings (SSSR count). The molecule has 2 N–H and O–H groups in total. The summed E-state index contributed by atoms with van der Waals surface area (Å²) >= 11 is 0. The second-order valence-corrected chi connectivity index (χ2v) is 14.5.